The molecule has 0 bridgehead atoms. The fraction of sp³-hybridized carbons (Fsp3) is 0.150. The summed E-state index contributed by atoms with van der Waals surface area (Å²) in [5.41, 5.74) is -1.02. The van der Waals surface area contributed by atoms with Gasteiger partial charge in [-0.3, -0.25) is 19.7 Å². The molecule has 1 N–H and O–H groups in total. The molecule has 0 radical (unpaired) electrons. The van der Waals surface area contributed by atoms with Crippen LogP contribution in [0, 0.1) is 0 Å². The Morgan fingerprint density at radius 1 is 1.11 bits per heavy atom. The van der Waals surface area contributed by atoms with Crippen molar-refractivity contribution < 1.29 is 23.9 Å². The highest BCUT2D eigenvalue weighted by molar-refractivity contribution is 6.34. The molecule has 2 aromatic rings. The molecule has 0 fully saturated rings. The van der Waals surface area contributed by atoms with E-state index in [0.29, 0.717) is 10.6 Å². The molecule has 0 spiro atoms. The maximum absolute atomic E-state index is 13.0. The van der Waals surface area contributed by atoms with E-state index in [9.17, 15) is 14.4 Å². The van der Waals surface area contributed by atoms with E-state index >= 15 is 0 Å². The maximum Gasteiger partial charge on any atom is 0.308 e. The zero-order valence-electron chi connectivity index (χ0n) is 14.9. The minimum Gasteiger partial charge on any atom is -0.456 e. The summed E-state index contributed by atoms with van der Waals surface area (Å²) in [4.78, 5) is 37.0. The molecule has 0 aromatic heterocycles. The van der Waals surface area contributed by atoms with Crippen LogP contribution in [0.25, 0.3) is 0 Å². The number of nitrogens with one attached hydrogen (secondary N) is 1. The second-order valence-corrected chi connectivity index (χ2v) is 7.00. The summed E-state index contributed by atoms with van der Waals surface area (Å²) in [6.45, 7) is 2.59. The van der Waals surface area contributed by atoms with E-state index in [1.807, 2.05) is 0 Å². The van der Waals surface area contributed by atoms with Gasteiger partial charge in [0.2, 0.25) is 17.2 Å². The Hall–Kier alpha value is -2.83. The van der Waals surface area contributed by atoms with Gasteiger partial charge in [-0.2, -0.15) is 0 Å². The molecule has 8 heteroatoms. The normalized spacial score (nSPS) is 18.6. The van der Waals surface area contributed by atoms with Crippen LogP contribution < -0.4 is 5.32 Å². The van der Waals surface area contributed by atoms with Crippen LogP contribution in [0.2, 0.25) is 10.0 Å². The number of carbonyl (C=O) groups is 3. The van der Waals surface area contributed by atoms with Crippen molar-refractivity contribution in [2.75, 3.05) is 0 Å². The molecule has 6 nitrogen and oxygen atoms in total. The zero-order chi connectivity index (χ0) is 20.5. The van der Waals surface area contributed by atoms with Crippen LogP contribution in [0.4, 0.5) is 0 Å². The van der Waals surface area contributed by atoms with E-state index in [1.54, 1.807) is 36.4 Å². The van der Waals surface area contributed by atoms with Gasteiger partial charge < -0.3 is 9.47 Å². The first kappa shape index (κ1) is 19.9. The summed E-state index contributed by atoms with van der Waals surface area (Å²) in [5, 5.41) is 3.06. The molecule has 1 aliphatic heterocycles. The Balaban J connectivity index is 2.00. The number of hydrogen-bond donors (Lipinski definition) is 1. The predicted octanol–water partition coefficient (Wildman–Crippen LogP) is 3.97. The van der Waals surface area contributed by atoms with Crippen LogP contribution in [0.15, 0.2) is 60.2 Å². The third-order valence-corrected chi connectivity index (χ3v) is 4.67. The number of halogens is 2. The predicted molar refractivity (Wildman–Crippen MR) is 103 cm³/mol. The van der Waals surface area contributed by atoms with Gasteiger partial charge in [-0.1, -0.05) is 41.4 Å². The van der Waals surface area contributed by atoms with Crippen LogP contribution in [0.5, 0.6) is 0 Å². The Bertz CT molecular complexity index is 1000. The number of benzene rings is 2. The van der Waals surface area contributed by atoms with Crippen molar-refractivity contribution >= 4 is 40.9 Å². The molecule has 1 aliphatic rings. The highest BCUT2D eigenvalue weighted by Gasteiger charge is 2.51. The standard InChI is InChI=1S/C20H15Cl2NO5/c1-11(24)27-16-17(25)20(2,14-10-13(21)8-9-15(14)22)28-19(16)23-18(26)12-6-4-3-5-7-12/h3-10H,1-2H3,(H,23,26). The van der Waals surface area contributed by atoms with Gasteiger partial charge in [0.25, 0.3) is 11.7 Å². The van der Waals surface area contributed by atoms with Gasteiger partial charge in [0.1, 0.15) is 0 Å². The first-order valence-corrected chi connectivity index (χ1v) is 8.96. The molecule has 28 heavy (non-hydrogen) atoms. The molecule has 3 rings (SSSR count). The molecule has 0 saturated heterocycles. The molecular weight excluding hydrogens is 405 g/mol. The van der Waals surface area contributed by atoms with E-state index < -0.39 is 29.0 Å². The smallest absolute Gasteiger partial charge is 0.308 e. The van der Waals surface area contributed by atoms with Crippen molar-refractivity contribution in [3.8, 4) is 0 Å². The topological polar surface area (TPSA) is 81.7 Å². The van der Waals surface area contributed by atoms with Gasteiger partial charge in [-0.15, -0.1) is 0 Å². The van der Waals surface area contributed by atoms with E-state index in [1.165, 1.54) is 19.1 Å². The van der Waals surface area contributed by atoms with E-state index in [4.69, 9.17) is 32.7 Å². The first-order valence-electron chi connectivity index (χ1n) is 8.21. The van der Waals surface area contributed by atoms with Crippen LogP contribution in [-0.2, 0) is 24.7 Å². The minimum atomic E-state index is -1.63. The third kappa shape index (κ3) is 3.74. The van der Waals surface area contributed by atoms with Gasteiger partial charge in [0, 0.05) is 28.1 Å². The molecule has 1 atom stereocenters. The summed E-state index contributed by atoms with van der Waals surface area (Å²) < 4.78 is 10.8. The zero-order valence-corrected chi connectivity index (χ0v) is 16.4. The fourth-order valence-electron chi connectivity index (χ4n) is 2.74. The summed E-state index contributed by atoms with van der Waals surface area (Å²) in [7, 11) is 0. The average Bonchev–Trinajstić information content (AvgIpc) is 2.89. The first-order chi connectivity index (χ1) is 13.2. The minimum absolute atomic E-state index is 0.234. The molecule has 0 aliphatic carbocycles. The second kappa shape index (κ2) is 7.66. The quantitative estimate of drug-likeness (QED) is 0.758. The lowest BCUT2D eigenvalue weighted by Crippen LogP contribution is -2.33. The third-order valence-electron chi connectivity index (χ3n) is 4.10. The summed E-state index contributed by atoms with van der Waals surface area (Å²) >= 11 is 12.3. The number of ether oxygens (including phenoxy) is 2. The van der Waals surface area contributed by atoms with E-state index in [0.717, 1.165) is 6.92 Å². The number of amides is 1. The second-order valence-electron chi connectivity index (χ2n) is 6.16. The maximum atomic E-state index is 13.0. The van der Waals surface area contributed by atoms with Crippen LogP contribution in [-0.4, -0.2) is 17.7 Å². The summed E-state index contributed by atoms with van der Waals surface area (Å²) in [5.74, 6) is -2.62. The molecule has 1 amide bonds. The monoisotopic (exact) mass is 419 g/mol. The number of carbonyl (C=O) groups excluding carboxylic acids is 3. The van der Waals surface area contributed by atoms with Crippen LogP contribution in [0.1, 0.15) is 29.8 Å². The largest absolute Gasteiger partial charge is 0.456 e. The highest BCUT2D eigenvalue weighted by Crippen LogP contribution is 2.42. The highest BCUT2D eigenvalue weighted by atomic mass is 35.5. The summed E-state index contributed by atoms with van der Waals surface area (Å²) in [6, 6.07) is 12.9. The number of Topliss-reactive ketones (excluding diaryl/α,β-unsaturated/α-hetero) is 1. The molecule has 1 heterocycles. The molecular formula is C20H15Cl2NO5. The lowest BCUT2D eigenvalue weighted by Gasteiger charge is -2.24. The number of hydrogen-bond acceptors (Lipinski definition) is 5. The van der Waals surface area contributed by atoms with Gasteiger partial charge in [-0.25, -0.2) is 0 Å². The van der Waals surface area contributed by atoms with E-state index in [2.05, 4.69) is 5.32 Å². The molecule has 144 valence electrons. The summed E-state index contributed by atoms with van der Waals surface area (Å²) in [6.07, 6.45) is 0. The molecule has 0 saturated carbocycles. The number of ketones is 1. The van der Waals surface area contributed by atoms with Crippen LogP contribution >= 0.6 is 23.2 Å². The Morgan fingerprint density at radius 3 is 2.43 bits per heavy atom. The van der Waals surface area contributed by atoms with Crippen molar-refractivity contribution in [3.05, 3.63) is 81.3 Å². The lowest BCUT2D eigenvalue weighted by atomic mass is 9.91. The Labute approximate surface area is 171 Å². The van der Waals surface area contributed by atoms with Crippen molar-refractivity contribution in [1.82, 2.24) is 5.32 Å². The van der Waals surface area contributed by atoms with Crippen molar-refractivity contribution in [3.63, 3.8) is 0 Å². The fourth-order valence-corrected chi connectivity index (χ4v) is 3.21. The van der Waals surface area contributed by atoms with Gasteiger partial charge in [0.15, 0.2) is 0 Å². The number of rotatable bonds is 4. The number of esters is 1. The van der Waals surface area contributed by atoms with E-state index in [-0.39, 0.29) is 16.5 Å². The van der Waals surface area contributed by atoms with Crippen molar-refractivity contribution in [1.29, 1.82) is 0 Å². The van der Waals surface area contributed by atoms with Crippen molar-refractivity contribution in [2.24, 2.45) is 0 Å². The van der Waals surface area contributed by atoms with Gasteiger partial charge in [0.05, 0.1) is 0 Å². The Kier molecular flexibility index (Phi) is 5.45. The lowest BCUT2D eigenvalue weighted by molar-refractivity contribution is -0.142. The average molecular weight is 420 g/mol. The molecule has 1 unspecified atom stereocenters. The SMILES string of the molecule is CC(=O)OC1=C(NC(=O)c2ccccc2)OC(C)(c2cc(Cl)ccc2Cl)C1=O. The van der Waals surface area contributed by atoms with Crippen molar-refractivity contribution in [2.45, 2.75) is 19.4 Å². The van der Waals surface area contributed by atoms with Crippen LogP contribution in [0.3, 0.4) is 0 Å². The van der Waals surface area contributed by atoms with Gasteiger partial charge >= 0.3 is 5.97 Å². The van der Waals surface area contributed by atoms with Gasteiger partial charge in [-0.05, 0) is 37.3 Å². The molecule has 2 aromatic carbocycles. The Morgan fingerprint density at radius 2 is 1.79 bits per heavy atom.